The second-order valence-corrected chi connectivity index (χ2v) is 8.14. The van der Waals surface area contributed by atoms with Crippen LogP contribution in [0.5, 0.6) is 5.75 Å². The molecule has 3 N–H and O–H groups in total. The van der Waals surface area contributed by atoms with Crippen LogP contribution in [0, 0.1) is 11.8 Å². The predicted molar refractivity (Wildman–Crippen MR) is 107 cm³/mol. The summed E-state index contributed by atoms with van der Waals surface area (Å²) in [6, 6.07) is 8.30. The lowest BCUT2D eigenvalue weighted by Gasteiger charge is -2.31. The molecular formula is C22H39NO2. The molecule has 0 bridgehead atoms. The van der Waals surface area contributed by atoms with Gasteiger partial charge in [-0.05, 0) is 48.8 Å². The van der Waals surface area contributed by atoms with Gasteiger partial charge in [-0.1, -0.05) is 65.5 Å². The lowest BCUT2D eigenvalue weighted by molar-refractivity contribution is 0.146. The third-order valence-corrected chi connectivity index (χ3v) is 5.19. The SMILES string of the molecule is CC(C)CCCCCCOc1ccc(CC[C@@](N)(CO)C(C)C)cc1. The second-order valence-electron chi connectivity index (χ2n) is 8.14. The number of rotatable bonds is 13. The van der Waals surface area contributed by atoms with Crippen molar-refractivity contribution in [1.82, 2.24) is 0 Å². The number of aliphatic hydroxyl groups excluding tert-OH is 1. The zero-order valence-corrected chi connectivity index (χ0v) is 16.8. The Labute approximate surface area is 155 Å². The van der Waals surface area contributed by atoms with Crippen LogP contribution in [0.1, 0.15) is 71.8 Å². The fraction of sp³-hybridized carbons (Fsp3) is 0.727. The largest absolute Gasteiger partial charge is 0.494 e. The zero-order chi connectivity index (χ0) is 18.7. The van der Waals surface area contributed by atoms with E-state index in [9.17, 15) is 5.11 Å². The molecule has 25 heavy (non-hydrogen) atoms. The Morgan fingerprint density at radius 2 is 1.64 bits per heavy atom. The fourth-order valence-electron chi connectivity index (χ4n) is 2.88. The van der Waals surface area contributed by atoms with Crippen molar-refractivity contribution >= 4 is 0 Å². The number of aryl methyl sites for hydroxylation is 1. The molecule has 3 nitrogen and oxygen atoms in total. The first-order valence-electron chi connectivity index (χ1n) is 9.99. The Hall–Kier alpha value is -1.06. The highest BCUT2D eigenvalue weighted by Gasteiger charge is 2.27. The molecule has 0 spiro atoms. The van der Waals surface area contributed by atoms with Crippen LogP contribution < -0.4 is 10.5 Å². The van der Waals surface area contributed by atoms with Crippen molar-refractivity contribution in [2.75, 3.05) is 13.2 Å². The van der Waals surface area contributed by atoms with Crippen LogP contribution in [0.15, 0.2) is 24.3 Å². The highest BCUT2D eigenvalue weighted by atomic mass is 16.5. The van der Waals surface area contributed by atoms with Crippen molar-refractivity contribution in [3.05, 3.63) is 29.8 Å². The van der Waals surface area contributed by atoms with Crippen molar-refractivity contribution < 1.29 is 9.84 Å². The number of hydrogen-bond acceptors (Lipinski definition) is 3. The predicted octanol–water partition coefficient (Wildman–Crippen LogP) is 4.95. The molecule has 0 aromatic heterocycles. The third-order valence-electron chi connectivity index (χ3n) is 5.19. The highest BCUT2D eigenvalue weighted by molar-refractivity contribution is 5.27. The van der Waals surface area contributed by atoms with Crippen molar-refractivity contribution in [3.8, 4) is 5.75 Å². The fourth-order valence-corrected chi connectivity index (χ4v) is 2.88. The van der Waals surface area contributed by atoms with Crippen LogP contribution in [0.3, 0.4) is 0 Å². The molecular weight excluding hydrogens is 310 g/mol. The average Bonchev–Trinajstić information content (AvgIpc) is 2.59. The van der Waals surface area contributed by atoms with Gasteiger partial charge in [0.05, 0.1) is 13.2 Å². The maximum absolute atomic E-state index is 9.53. The monoisotopic (exact) mass is 349 g/mol. The summed E-state index contributed by atoms with van der Waals surface area (Å²) in [5, 5.41) is 9.53. The van der Waals surface area contributed by atoms with E-state index in [4.69, 9.17) is 10.5 Å². The first-order chi connectivity index (χ1) is 11.9. The standard InChI is InChI=1S/C22H39NO2/c1-18(2)9-7-5-6-8-16-25-21-12-10-20(11-13-21)14-15-22(23,17-24)19(3)4/h10-13,18-19,24H,5-9,14-17,23H2,1-4H3/t22-/m1/s1. The molecule has 1 aromatic rings. The van der Waals surface area contributed by atoms with E-state index in [-0.39, 0.29) is 12.5 Å². The molecule has 0 aliphatic carbocycles. The van der Waals surface area contributed by atoms with Gasteiger partial charge in [-0.3, -0.25) is 0 Å². The normalized spacial score (nSPS) is 14.1. The molecule has 1 aromatic carbocycles. The highest BCUT2D eigenvalue weighted by Crippen LogP contribution is 2.21. The van der Waals surface area contributed by atoms with Crippen LogP contribution in [0.25, 0.3) is 0 Å². The van der Waals surface area contributed by atoms with Gasteiger partial charge in [0.15, 0.2) is 0 Å². The lowest BCUT2D eigenvalue weighted by Crippen LogP contribution is -2.48. The van der Waals surface area contributed by atoms with Crippen LogP contribution >= 0.6 is 0 Å². The maximum atomic E-state index is 9.53. The Morgan fingerprint density at radius 3 is 2.20 bits per heavy atom. The van der Waals surface area contributed by atoms with E-state index in [0.29, 0.717) is 0 Å². The summed E-state index contributed by atoms with van der Waals surface area (Å²) in [5.41, 5.74) is 7.02. The smallest absolute Gasteiger partial charge is 0.119 e. The zero-order valence-electron chi connectivity index (χ0n) is 16.8. The second kappa shape index (κ2) is 11.5. The summed E-state index contributed by atoms with van der Waals surface area (Å²) in [6.07, 6.45) is 8.02. The minimum atomic E-state index is -0.495. The first-order valence-corrected chi connectivity index (χ1v) is 9.99. The van der Waals surface area contributed by atoms with Crippen molar-refractivity contribution in [1.29, 1.82) is 0 Å². The molecule has 0 saturated carbocycles. The Bertz CT molecular complexity index is 456. The van der Waals surface area contributed by atoms with Gasteiger partial charge in [0, 0.05) is 5.54 Å². The number of ether oxygens (including phenoxy) is 1. The molecule has 0 aliphatic rings. The van der Waals surface area contributed by atoms with Gasteiger partial charge in [-0.25, -0.2) is 0 Å². The summed E-state index contributed by atoms with van der Waals surface area (Å²) in [6.45, 7) is 9.53. The first kappa shape index (κ1) is 22.0. The van der Waals surface area contributed by atoms with E-state index in [1.807, 2.05) is 12.1 Å². The van der Waals surface area contributed by atoms with Crippen molar-refractivity contribution in [2.45, 2.75) is 78.2 Å². The Kier molecular flexibility index (Phi) is 10.1. The van der Waals surface area contributed by atoms with Gasteiger partial charge in [0.2, 0.25) is 0 Å². The Morgan fingerprint density at radius 1 is 1.00 bits per heavy atom. The van der Waals surface area contributed by atoms with Gasteiger partial charge in [0.25, 0.3) is 0 Å². The van der Waals surface area contributed by atoms with E-state index < -0.39 is 5.54 Å². The summed E-state index contributed by atoms with van der Waals surface area (Å²) < 4.78 is 5.83. The van der Waals surface area contributed by atoms with Gasteiger partial charge in [-0.15, -0.1) is 0 Å². The van der Waals surface area contributed by atoms with Gasteiger partial charge in [-0.2, -0.15) is 0 Å². The summed E-state index contributed by atoms with van der Waals surface area (Å²) in [7, 11) is 0. The lowest BCUT2D eigenvalue weighted by atomic mass is 9.83. The number of hydrogen-bond donors (Lipinski definition) is 2. The quantitative estimate of drug-likeness (QED) is 0.495. The molecule has 0 amide bonds. The van der Waals surface area contributed by atoms with E-state index in [2.05, 4.69) is 39.8 Å². The van der Waals surface area contributed by atoms with Crippen LogP contribution in [-0.2, 0) is 6.42 Å². The molecule has 0 radical (unpaired) electrons. The van der Waals surface area contributed by atoms with Crippen LogP contribution in [0.2, 0.25) is 0 Å². The minimum absolute atomic E-state index is 0.0308. The van der Waals surface area contributed by atoms with E-state index in [1.54, 1.807) is 0 Å². The molecule has 1 atom stereocenters. The maximum Gasteiger partial charge on any atom is 0.119 e. The van der Waals surface area contributed by atoms with Crippen molar-refractivity contribution in [3.63, 3.8) is 0 Å². The molecule has 0 fully saturated rings. The van der Waals surface area contributed by atoms with Gasteiger partial charge >= 0.3 is 0 Å². The summed E-state index contributed by atoms with van der Waals surface area (Å²) in [4.78, 5) is 0. The average molecular weight is 350 g/mol. The number of nitrogens with two attached hydrogens (primary N) is 1. The topological polar surface area (TPSA) is 55.5 Å². The molecule has 1 rings (SSSR count). The van der Waals surface area contributed by atoms with E-state index >= 15 is 0 Å². The minimum Gasteiger partial charge on any atom is -0.494 e. The number of benzene rings is 1. The van der Waals surface area contributed by atoms with E-state index in [1.165, 1.54) is 31.2 Å². The number of unbranched alkanes of at least 4 members (excludes halogenated alkanes) is 3. The summed E-state index contributed by atoms with van der Waals surface area (Å²) >= 11 is 0. The molecule has 0 heterocycles. The molecule has 144 valence electrons. The van der Waals surface area contributed by atoms with Gasteiger partial charge < -0.3 is 15.6 Å². The van der Waals surface area contributed by atoms with Crippen LogP contribution in [0.4, 0.5) is 0 Å². The summed E-state index contributed by atoms with van der Waals surface area (Å²) in [5.74, 6) is 2.02. The van der Waals surface area contributed by atoms with Crippen LogP contribution in [-0.4, -0.2) is 23.9 Å². The van der Waals surface area contributed by atoms with E-state index in [0.717, 1.165) is 37.5 Å². The molecule has 0 saturated heterocycles. The molecule has 0 aliphatic heterocycles. The number of aliphatic hydroxyl groups is 1. The Balaban J connectivity index is 2.25. The molecule has 0 unspecified atom stereocenters. The van der Waals surface area contributed by atoms with Crippen molar-refractivity contribution in [2.24, 2.45) is 17.6 Å². The third kappa shape index (κ3) is 8.73. The van der Waals surface area contributed by atoms with Gasteiger partial charge in [0.1, 0.15) is 5.75 Å². The molecule has 3 heteroatoms.